The molecule has 2 aliphatic rings. The fourth-order valence-corrected chi connectivity index (χ4v) is 7.58. The van der Waals surface area contributed by atoms with Gasteiger partial charge in [-0.1, -0.05) is 60.7 Å². The van der Waals surface area contributed by atoms with E-state index in [2.05, 4.69) is 25.5 Å². The van der Waals surface area contributed by atoms with Gasteiger partial charge in [0.15, 0.2) is 0 Å². The number of carbonyl (C=O) groups is 5. The molecule has 2 aliphatic heterocycles. The van der Waals surface area contributed by atoms with Gasteiger partial charge in [0, 0.05) is 29.9 Å². The van der Waals surface area contributed by atoms with E-state index in [0.717, 1.165) is 23.3 Å². The largest absolute Gasteiger partial charge is 0.393 e. The monoisotopic (exact) mass is 789 g/mol. The number of aromatic amines is 1. The van der Waals surface area contributed by atoms with E-state index in [-0.39, 0.29) is 36.5 Å². The minimum Gasteiger partial charge on any atom is -0.370 e. The van der Waals surface area contributed by atoms with E-state index in [1.807, 2.05) is 72.6 Å². The third kappa shape index (κ3) is 9.27. The molecular formula is C39H42F2N7O7P. The average molecular weight is 790 g/mol. The number of benzene rings is 3. The number of alkyl halides is 2. The van der Waals surface area contributed by atoms with Crippen molar-refractivity contribution in [3.63, 3.8) is 0 Å². The van der Waals surface area contributed by atoms with Crippen molar-refractivity contribution in [3.05, 3.63) is 107 Å². The van der Waals surface area contributed by atoms with Gasteiger partial charge < -0.3 is 36.5 Å². The maximum atomic E-state index is 14.3. The number of primary amides is 1. The second-order valence-electron chi connectivity index (χ2n) is 14.1. The van der Waals surface area contributed by atoms with Crippen LogP contribution in [-0.4, -0.2) is 88.6 Å². The van der Waals surface area contributed by atoms with Crippen molar-refractivity contribution in [2.75, 3.05) is 20.1 Å². The number of nitrogens with one attached hydrogen (secondary N) is 4. The zero-order valence-corrected chi connectivity index (χ0v) is 31.3. The van der Waals surface area contributed by atoms with Crippen LogP contribution in [0.25, 0.3) is 10.9 Å². The number of nitrogens with two attached hydrogens (primary N) is 1. The Bertz CT molecular complexity index is 2050. The highest BCUT2D eigenvalue weighted by Crippen LogP contribution is 2.35. The van der Waals surface area contributed by atoms with Gasteiger partial charge in [-0.3, -0.25) is 24.0 Å². The highest BCUT2D eigenvalue weighted by Gasteiger charge is 2.45. The smallest absolute Gasteiger partial charge is 0.370 e. The fourth-order valence-electron chi connectivity index (χ4n) is 7.38. The molecule has 4 atom stereocenters. The molecule has 17 heteroatoms. The molecule has 0 bridgehead atoms. The number of aromatic nitrogens is 1. The third-order valence-electron chi connectivity index (χ3n) is 10.2. The summed E-state index contributed by atoms with van der Waals surface area (Å²) in [5.41, 5.74) is 6.86. The van der Waals surface area contributed by atoms with Crippen LogP contribution in [0.5, 0.6) is 0 Å². The van der Waals surface area contributed by atoms with Crippen molar-refractivity contribution < 1.29 is 41.8 Å². The van der Waals surface area contributed by atoms with Crippen molar-refractivity contribution in [2.45, 2.75) is 68.4 Å². The zero-order valence-electron chi connectivity index (χ0n) is 30.5. The van der Waals surface area contributed by atoms with Crippen LogP contribution < -0.4 is 21.7 Å². The molecule has 0 unspecified atom stereocenters. The molecular weight excluding hydrogens is 747 g/mol. The molecule has 14 nitrogen and oxygen atoms in total. The number of likely N-dealkylation sites (N-methyl/N-ethyl adjacent to an activating group) is 1. The Balaban J connectivity index is 1.20. The van der Waals surface area contributed by atoms with Gasteiger partial charge in [0.25, 0.3) is 5.91 Å². The molecule has 2 fully saturated rings. The van der Waals surface area contributed by atoms with Crippen molar-refractivity contribution in [1.29, 1.82) is 0 Å². The van der Waals surface area contributed by atoms with Crippen LogP contribution >= 0.6 is 8.69 Å². The Kier molecular flexibility index (Phi) is 12.5. The number of rotatable bonds is 14. The molecule has 3 aromatic carbocycles. The van der Waals surface area contributed by atoms with Gasteiger partial charge in [-0.15, -0.1) is 0 Å². The number of H-pyrrole nitrogens is 1. The molecule has 294 valence electrons. The van der Waals surface area contributed by atoms with E-state index in [1.165, 1.54) is 17.0 Å². The molecule has 6 N–H and O–H groups in total. The first kappa shape index (κ1) is 40.1. The minimum absolute atomic E-state index is 0.000673. The lowest BCUT2D eigenvalue weighted by atomic mass is 9.98. The minimum atomic E-state index is -3.83. The molecule has 56 heavy (non-hydrogen) atoms. The van der Waals surface area contributed by atoms with Crippen LogP contribution in [0, 0.1) is 0 Å². The van der Waals surface area contributed by atoms with Crippen molar-refractivity contribution in [3.8, 4) is 0 Å². The molecule has 4 aromatic rings. The molecule has 0 saturated carbocycles. The highest BCUT2D eigenvalue weighted by atomic mass is 31.1. The standard InChI is InChI=1S/C39H42F2N7O7P/c1-47-19-18-27-13-16-32(37(52)44-29(15-17-33(42)49)35(50)46-34(23-8-4-2-5-9-23)24-10-6-3-7-11-24)48(27)38(53)31(22-47)45-36(51)30-21-25-20-26(12-14-28(25)43-30)39(40,41)55-56-54/h2-12,14,20-21,27,29,31-32,34,43H,13,15-19,22H2,1H3,(H2,42,49)(H,44,52)(H,45,51)(H,46,50)/t27-,29+,31+,32+/m1/s1. The molecule has 3 heterocycles. The Morgan fingerprint density at radius 2 is 1.64 bits per heavy atom. The molecule has 0 aliphatic carbocycles. The number of nitrogens with zero attached hydrogens (tertiary/aromatic N) is 2. The van der Waals surface area contributed by atoms with Gasteiger partial charge in [0.1, 0.15) is 23.8 Å². The number of hydrogen-bond donors (Lipinski definition) is 5. The van der Waals surface area contributed by atoms with E-state index in [4.69, 9.17) is 5.73 Å². The van der Waals surface area contributed by atoms with E-state index in [9.17, 15) is 37.3 Å². The van der Waals surface area contributed by atoms with E-state index < -0.39 is 74.1 Å². The third-order valence-corrected chi connectivity index (χ3v) is 10.5. The number of halogens is 2. The second-order valence-corrected chi connectivity index (χ2v) is 14.4. The number of hydrogen-bond acceptors (Lipinski definition) is 8. The summed E-state index contributed by atoms with van der Waals surface area (Å²) < 4.78 is 43.1. The summed E-state index contributed by atoms with van der Waals surface area (Å²) in [5.74, 6) is -2.94. The van der Waals surface area contributed by atoms with Gasteiger partial charge in [0.05, 0.1) is 11.6 Å². The topological polar surface area (TPSA) is 196 Å². The van der Waals surface area contributed by atoms with E-state index in [0.29, 0.717) is 31.3 Å². The lowest BCUT2D eigenvalue weighted by molar-refractivity contribution is -0.178. The normalized spacial score (nSPS) is 19.6. The first-order valence-electron chi connectivity index (χ1n) is 18.2. The summed E-state index contributed by atoms with van der Waals surface area (Å²) in [6.07, 6.45) is -2.71. The average Bonchev–Trinajstić information content (AvgIpc) is 3.82. The molecule has 2 saturated heterocycles. The predicted molar refractivity (Wildman–Crippen MR) is 201 cm³/mol. The Morgan fingerprint density at radius 3 is 2.29 bits per heavy atom. The summed E-state index contributed by atoms with van der Waals surface area (Å²) in [4.78, 5) is 74.0. The van der Waals surface area contributed by atoms with Gasteiger partial charge in [-0.25, -0.2) is 9.09 Å². The van der Waals surface area contributed by atoms with Gasteiger partial charge in [-0.05, 0) is 74.7 Å². The van der Waals surface area contributed by atoms with Crippen LogP contribution in [0.3, 0.4) is 0 Å². The summed E-state index contributed by atoms with van der Waals surface area (Å²) in [6.45, 7) is 0.682. The molecule has 0 spiro atoms. The quantitative estimate of drug-likeness (QED) is 0.119. The Labute approximate surface area is 322 Å². The van der Waals surface area contributed by atoms with Crippen LogP contribution in [0.15, 0.2) is 84.9 Å². The summed E-state index contributed by atoms with van der Waals surface area (Å²) in [6, 6.07) is 19.3. The Morgan fingerprint density at radius 1 is 0.964 bits per heavy atom. The number of amides is 5. The van der Waals surface area contributed by atoms with E-state index in [1.54, 1.807) is 0 Å². The second kappa shape index (κ2) is 17.5. The first-order valence-corrected chi connectivity index (χ1v) is 18.9. The van der Waals surface area contributed by atoms with Crippen molar-refractivity contribution in [1.82, 2.24) is 30.7 Å². The molecule has 1 aromatic heterocycles. The van der Waals surface area contributed by atoms with Gasteiger partial charge in [0.2, 0.25) is 23.6 Å². The van der Waals surface area contributed by atoms with Gasteiger partial charge >= 0.3 is 14.8 Å². The maximum absolute atomic E-state index is 14.3. The van der Waals surface area contributed by atoms with E-state index >= 15 is 0 Å². The fraction of sp³-hybridized carbons (Fsp3) is 0.359. The molecule has 0 radical (unpaired) electrons. The van der Waals surface area contributed by atoms with Crippen LogP contribution in [0.1, 0.15) is 65.3 Å². The number of carbonyl (C=O) groups excluding carboxylic acids is 5. The summed E-state index contributed by atoms with van der Waals surface area (Å²) >= 11 is 0. The van der Waals surface area contributed by atoms with Crippen LogP contribution in [0.4, 0.5) is 8.78 Å². The SMILES string of the molecule is CN1CC[C@H]2CC[C@@H](C(=O)N[C@@H](CCC(N)=O)C(=O)NC(c3ccccc3)c3ccccc3)N2C(=O)[C@@H](NC(=O)c2cc3cc(C(F)(F)OP=O)ccc3[nH]2)C1. The molecule has 5 amide bonds. The first-order chi connectivity index (χ1) is 26.8. The highest BCUT2D eigenvalue weighted by molar-refractivity contribution is 7.17. The van der Waals surface area contributed by atoms with Crippen molar-refractivity contribution >= 4 is 49.1 Å². The van der Waals surface area contributed by atoms with Crippen LogP contribution in [0.2, 0.25) is 0 Å². The zero-order chi connectivity index (χ0) is 40.0. The lowest BCUT2D eigenvalue weighted by Gasteiger charge is -2.38. The van der Waals surface area contributed by atoms with Crippen molar-refractivity contribution in [2.24, 2.45) is 5.73 Å². The molecule has 6 rings (SSSR count). The van der Waals surface area contributed by atoms with Crippen LogP contribution in [-0.2, 0) is 34.4 Å². The maximum Gasteiger partial charge on any atom is 0.393 e. The summed E-state index contributed by atoms with van der Waals surface area (Å²) in [5, 5.41) is 8.85. The predicted octanol–water partition coefficient (Wildman–Crippen LogP) is 3.89. The number of fused-ring (bicyclic) bond motifs is 2. The van der Waals surface area contributed by atoms with Gasteiger partial charge in [-0.2, -0.15) is 8.78 Å². The lowest BCUT2D eigenvalue weighted by Crippen LogP contribution is -2.61. The summed E-state index contributed by atoms with van der Waals surface area (Å²) in [7, 11) is 0.617. The Hall–Kier alpha value is -5.57.